The molecule has 110 valence electrons. The average Bonchev–Trinajstić information content (AvgIpc) is 2.46. The van der Waals surface area contributed by atoms with E-state index in [1.54, 1.807) is 6.07 Å². The highest BCUT2D eigenvalue weighted by Gasteiger charge is 2.12. The van der Waals surface area contributed by atoms with Crippen molar-refractivity contribution in [3.63, 3.8) is 0 Å². The van der Waals surface area contributed by atoms with Crippen molar-refractivity contribution < 1.29 is 4.79 Å². The van der Waals surface area contributed by atoms with Gasteiger partial charge in [-0.1, -0.05) is 53.5 Å². The van der Waals surface area contributed by atoms with Gasteiger partial charge in [-0.3, -0.25) is 4.79 Å². The van der Waals surface area contributed by atoms with Crippen molar-refractivity contribution in [2.45, 2.75) is 13.0 Å². The number of rotatable bonds is 5. The van der Waals surface area contributed by atoms with Gasteiger partial charge in [0.15, 0.2) is 0 Å². The van der Waals surface area contributed by atoms with Gasteiger partial charge in [0.25, 0.3) is 0 Å². The molecule has 21 heavy (non-hydrogen) atoms. The number of anilines is 1. The molecule has 0 saturated heterocycles. The quantitative estimate of drug-likeness (QED) is 0.862. The van der Waals surface area contributed by atoms with Crippen LogP contribution >= 0.6 is 23.2 Å². The monoisotopic (exact) mass is 322 g/mol. The fraction of sp³-hybridized carbons (Fsp3) is 0.188. The van der Waals surface area contributed by atoms with Gasteiger partial charge in [0.1, 0.15) is 0 Å². The second kappa shape index (κ2) is 7.34. The van der Waals surface area contributed by atoms with Crippen molar-refractivity contribution in [3.8, 4) is 0 Å². The SMILES string of the molecule is C[C@H](NC(=O)CNc1ccccc1Cl)c1ccccc1Cl. The predicted molar refractivity (Wildman–Crippen MR) is 88.0 cm³/mol. The third-order valence-electron chi connectivity index (χ3n) is 3.06. The lowest BCUT2D eigenvalue weighted by molar-refractivity contribution is -0.120. The van der Waals surface area contributed by atoms with Crippen LogP contribution in [0.1, 0.15) is 18.5 Å². The molecular formula is C16H16Cl2N2O. The van der Waals surface area contributed by atoms with E-state index in [9.17, 15) is 4.79 Å². The summed E-state index contributed by atoms with van der Waals surface area (Å²) in [6.07, 6.45) is 0. The molecule has 2 rings (SSSR count). The van der Waals surface area contributed by atoms with Gasteiger partial charge in [0.05, 0.1) is 23.3 Å². The van der Waals surface area contributed by atoms with Gasteiger partial charge in [0, 0.05) is 5.02 Å². The molecule has 0 aliphatic carbocycles. The second-order valence-corrected chi connectivity index (χ2v) is 5.46. The Labute approximate surface area is 134 Å². The minimum atomic E-state index is -0.153. The van der Waals surface area contributed by atoms with Crippen LogP contribution in [0.25, 0.3) is 0 Å². The number of carbonyl (C=O) groups is 1. The zero-order valence-electron chi connectivity index (χ0n) is 11.6. The molecule has 0 unspecified atom stereocenters. The number of carbonyl (C=O) groups excluding carboxylic acids is 1. The molecule has 0 saturated carbocycles. The van der Waals surface area contributed by atoms with E-state index in [0.717, 1.165) is 11.3 Å². The normalized spacial score (nSPS) is 11.8. The third-order valence-corrected chi connectivity index (χ3v) is 3.74. The summed E-state index contributed by atoms with van der Waals surface area (Å²) in [7, 11) is 0. The summed E-state index contributed by atoms with van der Waals surface area (Å²) in [5, 5.41) is 7.14. The number of hydrogen-bond donors (Lipinski definition) is 2. The van der Waals surface area contributed by atoms with Crippen molar-refractivity contribution in [2.75, 3.05) is 11.9 Å². The zero-order valence-corrected chi connectivity index (χ0v) is 13.1. The van der Waals surface area contributed by atoms with E-state index < -0.39 is 0 Å². The topological polar surface area (TPSA) is 41.1 Å². The van der Waals surface area contributed by atoms with Crippen molar-refractivity contribution in [3.05, 3.63) is 64.1 Å². The van der Waals surface area contributed by atoms with E-state index in [-0.39, 0.29) is 18.5 Å². The van der Waals surface area contributed by atoms with Crippen LogP contribution in [0.15, 0.2) is 48.5 Å². The van der Waals surface area contributed by atoms with Crippen molar-refractivity contribution in [1.82, 2.24) is 5.32 Å². The number of benzene rings is 2. The first-order valence-electron chi connectivity index (χ1n) is 6.60. The molecule has 0 aliphatic rings. The first-order valence-corrected chi connectivity index (χ1v) is 7.35. The van der Waals surface area contributed by atoms with Gasteiger partial charge in [-0.05, 0) is 30.7 Å². The molecule has 0 aliphatic heterocycles. The highest BCUT2D eigenvalue weighted by Crippen LogP contribution is 2.22. The molecule has 0 heterocycles. The molecule has 2 aromatic rings. The lowest BCUT2D eigenvalue weighted by Gasteiger charge is -2.16. The summed E-state index contributed by atoms with van der Waals surface area (Å²) in [6.45, 7) is 2.05. The minimum Gasteiger partial charge on any atom is -0.375 e. The second-order valence-electron chi connectivity index (χ2n) is 4.64. The minimum absolute atomic E-state index is 0.123. The van der Waals surface area contributed by atoms with E-state index in [0.29, 0.717) is 10.0 Å². The van der Waals surface area contributed by atoms with E-state index in [1.165, 1.54) is 0 Å². The van der Waals surface area contributed by atoms with E-state index >= 15 is 0 Å². The van der Waals surface area contributed by atoms with Crippen LogP contribution in [0.4, 0.5) is 5.69 Å². The van der Waals surface area contributed by atoms with Gasteiger partial charge in [0.2, 0.25) is 5.91 Å². The molecule has 1 atom stereocenters. The Morgan fingerprint density at radius 2 is 1.67 bits per heavy atom. The number of hydrogen-bond acceptors (Lipinski definition) is 2. The Hall–Kier alpha value is -1.71. The average molecular weight is 323 g/mol. The van der Waals surface area contributed by atoms with Gasteiger partial charge in [-0.2, -0.15) is 0 Å². The standard InChI is InChI=1S/C16H16Cl2N2O/c1-11(12-6-2-3-7-13(12)17)20-16(21)10-19-15-9-5-4-8-14(15)18/h2-9,11,19H,10H2,1H3,(H,20,21)/t11-/m0/s1. The Bertz CT molecular complexity index is 631. The van der Waals surface area contributed by atoms with Gasteiger partial charge in [-0.25, -0.2) is 0 Å². The van der Waals surface area contributed by atoms with Gasteiger partial charge >= 0.3 is 0 Å². The van der Waals surface area contributed by atoms with E-state index in [4.69, 9.17) is 23.2 Å². The van der Waals surface area contributed by atoms with Crippen LogP contribution in [0, 0.1) is 0 Å². The smallest absolute Gasteiger partial charge is 0.239 e. The summed E-state index contributed by atoms with van der Waals surface area (Å²) < 4.78 is 0. The molecule has 3 nitrogen and oxygen atoms in total. The lowest BCUT2D eigenvalue weighted by Crippen LogP contribution is -2.32. The molecule has 5 heteroatoms. The maximum absolute atomic E-state index is 12.0. The Kier molecular flexibility index (Phi) is 5.48. The third kappa shape index (κ3) is 4.38. The Morgan fingerprint density at radius 3 is 2.33 bits per heavy atom. The first kappa shape index (κ1) is 15.7. The van der Waals surface area contributed by atoms with Crippen LogP contribution in [-0.2, 0) is 4.79 Å². The molecule has 2 aromatic carbocycles. The molecular weight excluding hydrogens is 307 g/mol. The molecule has 0 fully saturated rings. The predicted octanol–water partition coefficient (Wildman–Crippen LogP) is 4.28. The van der Waals surface area contributed by atoms with Crippen LogP contribution in [0.3, 0.4) is 0 Å². The maximum atomic E-state index is 12.0. The first-order chi connectivity index (χ1) is 10.1. The van der Waals surface area contributed by atoms with E-state index in [1.807, 2.05) is 49.4 Å². The summed E-state index contributed by atoms with van der Waals surface area (Å²) in [5.41, 5.74) is 1.63. The number of para-hydroxylation sites is 1. The van der Waals surface area contributed by atoms with Gasteiger partial charge < -0.3 is 10.6 Å². The van der Waals surface area contributed by atoms with Crippen molar-refractivity contribution in [2.24, 2.45) is 0 Å². The summed E-state index contributed by atoms with van der Waals surface area (Å²) >= 11 is 12.1. The Morgan fingerprint density at radius 1 is 1.05 bits per heavy atom. The molecule has 0 radical (unpaired) electrons. The summed E-state index contributed by atoms with van der Waals surface area (Å²) in [4.78, 5) is 12.0. The van der Waals surface area contributed by atoms with E-state index in [2.05, 4.69) is 10.6 Å². The molecule has 0 aromatic heterocycles. The number of halogens is 2. The van der Waals surface area contributed by atoms with Gasteiger partial charge in [-0.15, -0.1) is 0 Å². The molecule has 0 spiro atoms. The fourth-order valence-electron chi connectivity index (χ4n) is 1.98. The number of amides is 1. The summed E-state index contributed by atoms with van der Waals surface area (Å²) in [5.74, 6) is -0.123. The fourth-order valence-corrected chi connectivity index (χ4v) is 2.48. The van der Waals surface area contributed by atoms with Crippen LogP contribution < -0.4 is 10.6 Å². The Balaban J connectivity index is 1.90. The largest absolute Gasteiger partial charge is 0.375 e. The molecule has 2 N–H and O–H groups in total. The van der Waals surface area contributed by atoms with Crippen LogP contribution in [0.5, 0.6) is 0 Å². The lowest BCUT2D eigenvalue weighted by atomic mass is 10.1. The van der Waals surface area contributed by atoms with Crippen molar-refractivity contribution in [1.29, 1.82) is 0 Å². The highest BCUT2D eigenvalue weighted by molar-refractivity contribution is 6.33. The van der Waals surface area contributed by atoms with Crippen LogP contribution in [-0.4, -0.2) is 12.5 Å². The molecule has 0 bridgehead atoms. The highest BCUT2D eigenvalue weighted by atomic mass is 35.5. The van der Waals surface area contributed by atoms with Crippen LogP contribution in [0.2, 0.25) is 10.0 Å². The molecule has 1 amide bonds. The van der Waals surface area contributed by atoms with Crippen molar-refractivity contribution >= 4 is 34.8 Å². The summed E-state index contributed by atoms with van der Waals surface area (Å²) in [6, 6.07) is 14.6. The number of nitrogens with one attached hydrogen (secondary N) is 2. The maximum Gasteiger partial charge on any atom is 0.239 e. The zero-order chi connectivity index (χ0) is 15.2.